The standard InChI is InChI=1S/C25H30FN3O4S/c1-3-32-20-10-9-18(17-21(20)33-4-2)24(30)29(12-6-11-28-13-15-31-16-14-28)25-27-23-19(26)7-5-8-22(23)34-25/h5,7-10,17H,3-4,6,11-16H2,1-2H3. The Bertz CT molecular complexity index is 1120. The van der Waals surface area contributed by atoms with Gasteiger partial charge >= 0.3 is 0 Å². The predicted octanol–water partition coefficient (Wildman–Crippen LogP) is 4.60. The van der Waals surface area contributed by atoms with Crippen molar-refractivity contribution in [1.29, 1.82) is 0 Å². The van der Waals surface area contributed by atoms with E-state index in [2.05, 4.69) is 9.88 Å². The van der Waals surface area contributed by atoms with Crippen molar-refractivity contribution in [1.82, 2.24) is 9.88 Å². The second-order valence-electron chi connectivity index (χ2n) is 7.87. The second-order valence-corrected chi connectivity index (χ2v) is 8.88. The molecule has 1 aromatic heterocycles. The summed E-state index contributed by atoms with van der Waals surface area (Å²) < 4.78 is 31.8. The average Bonchev–Trinajstić information content (AvgIpc) is 3.29. The number of ether oxygens (including phenoxy) is 3. The summed E-state index contributed by atoms with van der Waals surface area (Å²) in [7, 11) is 0. The molecule has 1 amide bonds. The molecule has 2 aromatic carbocycles. The first-order valence-electron chi connectivity index (χ1n) is 11.7. The van der Waals surface area contributed by atoms with Crippen LogP contribution < -0.4 is 14.4 Å². The summed E-state index contributed by atoms with van der Waals surface area (Å²) in [6.07, 6.45) is 0.763. The summed E-state index contributed by atoms with van der Waals surface area (Å²) in [6, 6.07) is 10.1. The number of fused-ring (bicyclic) bond motifs is 1. The number of hydrogen-bond acceptors (Lipinski definition) is 7. The van der Waals surface area contributed by atoms with Gasteiger partial charge in [0.15, 0.2) is 16.6 Å². The van der Waals surface area contributed by atoms with Crippen molar-refractivity contribution in [2.45, 2.75) is 20.3 Å². The summed E-state index contributed by atoms with van der Waals surface area (Å²) in [5, 5.41) is 0.485. The first-order chi connectivity index (χ1) is 16.6. The third-order valence-electron chi connectivity index (χ3n) is 5.58. The van der Waals surface area contributed by atoms with Crippen molar-refractivity contribution in [3.8, 4) is 11.5 Å². The van der Waals surface area contributed by atoms with Crippen molar-refractivity contribution in [2.75, 3.05) is 57.5 Å². The SMILES string of the molecule is CCOc1ccc(C(=O)N(CCCN2CCOCC2)c2nc3c(F)cccc3s2)cc1OCC. The normalized spacial score (nSPS) is 14.3. The molecular formula is C25H30FN3O4S. The van der Waals surface area contributed by atoms with E-state index in [-0.39, 0.29) is 17.2 Å². The van der Waals surface area contributed by atoms with Crippen LogP contribution in [-0.2, 0) is 4.74 Å². The zero-order valence-electron chi connectivity index (χ0n) is 19.6. The number of aromatic nitrogens is 1. The molecule has 9 heteroatoms. The Morgan fingerprint density at radius 1 is 1.15 bits per heavy atom. The van der Waals surface area contributed by atoms with Crippen molar-refractivity contribution in [2.24, 2.45) is 0 Å². The van der Waals surface area contributed by atoms with Crippen LogP contribution in [-0.4, -0.2) is 68.4 Å². The minimum Gasteiger partial charge on any atom is -0.490 e. The van der Waals surface area contributed by atoms with Crippen LogP contribution in [0.4, 0.5) is 9.52 Å². The minimum atomic E-state index is -0.389. The Morgan fingerprint density at radius 3 is 2.65 bits per heavy atom. The van der Waals surface area contributed by atoms with Gasteiger partial charge in [0, 0.05) is 31.7 Å². The summed E-state index contributed by atoms with van der Waals surface area (Å²) in [5.74, 6) is 0.534. The molecule has 1 saturated heterocycles. The van der Waals surface area contributed by atoms with Crippen LogP contribution in [0.1, 0.15) is 30.6 Å². The summed E-state index contributed by atoms with van der Waals surface area (Å²) in [6.45, 7) is 9.28. The number of benzene rings is 2. The fourth-order valence-corrected chi connectivity index (χ4v) is 4.92. The van der Waals surface area contributed by atoms with Gasteiger partial charge in [0.1, 0.15) is 11.3 Å². The number of anilines is 1. The van der Waals surface area contributed by atoms with Crippen molar-refractivity contribution < 1.29 is 23.4 Å². The van der Waals surface area contributed by atoms with Gasteiger partial charge in [-0.15, -0.1) is 0 Å². The van der Waals surface area contributed by atoms with Gasteiger partial charge in [-0.05, 0) is 50.6 Å². The number of nitrogens with zero attached hydrogens (tertiary/aromatic N) is 3. The van der Waals surface area contributed by atoms with Crippen LogP contribution in [0.15, 0.2) is 36.4 Å². The Kier molecular flexibility index (Phi) is 8.31. The monoisotopic (exact) mass is 487 g/mol. The molecule has 0 spiro atoms. The van der Waals surface area contributed by atoms with Crippen molar-refractivity contribution >= 4 is 32.6 Å². The van der Waals surface area contributed by atoms with Crippen LogP contribution in [0.2, 0.25) is 0 Å². The largest absolute Gasteiger partial charge is 0.490 e. The molecule has 1 fully saturated rings. The highest BCUT2D eigenvalue weighted by atomic mass is 32.1. The maximum atomic E-state index is 14.3. The molecule has 0 unspecified atom stereocenters. The molecule has 34 heavy (non-hydrogen) atoms. The van der Waals surface area contributed by atoms with E-state index >= 15 is 0 Å². The Labute approximate surface area is 203 Å². The molecule has 0 radical (unpaired) electrons. The maximum absolute atomic E-state index is 14.3. The molecular weight excluding hydrogens is 457 g/mol. The number of halogens is 1. The van der Waals surface area contributed by atoms with Gasteiger partial charge in [-0.1, -0.05) is 17.4 Å². The summed E-state index contributed by atoms with van der Waals surface area (Å²) in [5.41, 5.74) is 0.758. The smallest absolute Gasteiger partial charge is 0.260 e. The summed E-state index contributed by atoms with van der Waals surface area (Å²) in [4.78, 5) is 22.1. The zero-order valence-corrected chi connectivity index (χ0v) is 20.4. The van der Waals surface area contributed by atoms with Crippen LogP contribution >= 0.6 is 11.3 Å². The Morgan fingerprint density at radius 2 is 1.91 bits per heavy atom. The number of amides is 1. The Balaban J connectivity index is 1.61. The quantitative estimate of drug-likeness (QED) is 0.416. The lowest BCUT2D eigenvalue weighted by molar-refractivity contribution is 0.0376. The Hall–Kier alpha value is -2.75. The molecule has 0 atom stereocenters. The van der Waals surface area contributed by atoms with E-state index in [1.807, 2.05) is 19.9 Å². The van der Waals surface area contributed by atoms with E-state index in [9.17, 15) is 9.18 Å². The summed E-state index contributed by atoms with van der Waals surface area (Å²) >= 11 is 1.32. The van der Waals surface area contributed by atoms with Crippen LogP contribution in [0.25, 0.3) is 10.2 Å². The molecule has 1 aliphatic rings. The van der Waals surface area contributed by atoms with E-state index in [1.165, 1.54) is 17.4 Å². The fourth-order valence-electron chi connectivity index (χ4n) is 3.92. The molecule has 0 saturated carbocycles. The third-order valence-corrected chi connectivity index (χ3v) is 6.63. The third kappa shape index (κ3) is 5.65. The molecule has 3 aromatic rings. The van der Waals surface area contributed by atoms with Crippen molar-refractivity contribution in [3.63, 3.8) is 0 Å². The maximum Gasteiger partial charge on any atom is 0.260 e. The van der Waals surface area contributed by atoms with E-state index in [0.717, 1.165) is 39.3 Å². The van der Waals surface area contributed by atoms with Crippen molar-refractivity contribution in [3.05, 3.63) is 47.8 Å². The van der Waals surface area contributed by atoms with E-state index < -0.39 is 0 Å². The van der Waals surface area contributed by atoms with Gasteiger partial charge in [-0.2, -0.15) is 0 Å². The van der Waals surface area contributed by atoms with Gasteiger partial charge in [0.25, 0.3) is 5.91 Å². The van der Waals surface area contributed by atoms with Gasteiger partial charge in [0.05, 0.1) is 31.1 Å². The first-order valence-corrected chi connectivity index (χ1v) is 12.5. The predicted molar refractivity (Wildman–Crippen MR) is 132 cm³/mol. The lowest BCUT2D eigenvalue weighted by atomic mass is 10.1. The highest BCUT2D eigenvalue weighted by Crippen LogP contribution is 2.33. The molecule has 0 N–H and O–H groups in total. The lowest BCUT2D eigenvalue weighted by Crippen LogP contribution is -2.39. The number of thiazole rings is 1. The van der Waals surface area contributed by atoms with E-state index in [0.29, 0.717) is 46.7 Å². The van der Waals surface area contributed by atoms with Crippen LogP contribution in [0, 0.1) is 5.82 Å². The van der Waals surface area contributed by atoms with Crippen LogP contribution in [0.5, 0.6) is 11.5 Å². The molecule has 0 aliphatic carbocycles. The second kappa shape index (κ2) is 11.6. The van der Waals surface area contributed by atoms with Gasteiger partial charge in [0.2, 0.25) is 0 Å². The highest BCUT2D eigenvalue weighted by Gasteiger charge is 2.24. The number of para-hydroxylation sites is 1. The number of hydrogen-bond donors (Lipinski definition) is 0. The van der Waals surface area contributed by atoms with E-state index in [1.54, 1.807) is 29.2 Å². The minimum absolute atomic E-state index is 0.203. The van der Waals surface area contributed by atoms with E-state index in [4.69, 9.17) is 14.2 Å². The first kappa shape index (κ1) is 24.4. The van der Waals surface area contributed by atoms with Crippen LogP contribution in [0.3, 0.4) is 0 Å². The molecule has 2 heterocycles. The van der Waals surface area contributed by atoms with Gasteiger partial charge in [-0.3, -0.25) is 14.6 Å². The molecule has 182 valence electrons. The fraction of sp³-hybridized carbons (Fsp3) is 0.440. The van der Waals surface area contributed by atoms with Gasteiger partial charge in [-0.25, -0.2) is 9.37 Å². The zero-order chi connectivity index (χ0) is 23.9. The lowest BCUT2D eigenvalue weighted by Gasteiger charge is -2.27. The molecule has 1 aliphatic heterocycles. The topological polar surface area (TPSA) is 64.1 Å². The molecule has 0 bridgehead atoms. The average molecular weight is 488 g/mol. The van der Waals surface area contributed by atoms with Gasteiger partial charge < -0.3 is 14.2 Å². The number of carbonyl (C=O) groups excluding carboxylic acids is 1. The molecule has 7 nitrogen and oxygen atoms in total. The number of rotatable bonds is 10. The number of morpholine rings is 1. The number of carbonyl (C=O) groups is 1. The molecule has 4 rings (SSSR count). The highest BCUT2D eigenvalue weighted by molar-refractivity contribution is 7.22.